The van der Waals surface area contributed by atoms with Crippen LogP contribution in [0.15, 0.2) is 78.0 Å². The van der Waals surface area contributed by atoms with Crippen LogP contribution in [0.5, 0.6) is 0 Å². The summed E-state index contributed by atoms with van der Waals surface area (Å²) in [6, 6.07) is 17.0. The normalized spacial score (nSPS) is 13.0. The SMILES string of the molecule is O=C(NCc1cccnc1)Nc1ccc(S(=O)(=O)N2CCc3ccccc32)cc1. The van der Waals surface area contributed by atoms with E-state index in [-0.39, 0.29) is 10.9 Å². The van der Waals surface area contributed by atoms with Crippen LogP contribution >= 0.6 is 0 Å². The maximum atomic E-state index is 13.0. The molecule has 148 valence electrons. The fourth-order valence-corrected chi connectivity index (χ4v) is 4.76. The number of nitrogens with one attached hydrogen (secondary N) is 2. The fourth-order valence-electron chi connectivity index (χ4n) is 3.26. The zero-order chi connectivity index (χ0) is 20.3. The van der Waals surface area contributed by atoms with Gasteiger partial charge in [0, 0.05) is 31.2 Å². The minimum absolute atomic E-state index is 0.190. The highest BCUT2D eigenvalue weighted by Crippen LogP contribution is 2.32. The molecule has 0 unspecified atom stereocenters. The van der Waals surface area contributed by atoms with Crippen LogP contribution in [0.2, 0.25) is 0 Å². The first-order chi connectivity index (χ1) is 14.0. The van der Waals surface area contributed by atoms with Crippen molar-refractivity contribution in [2.75, 3.05) is 16.2 Å². The number of hydrogen-bond acceptors (Lipinski definition) is 4. The summed E-state index contributed by atoms with van der Waals surface area (Å²) in [5, 5.41) is 5.43. The summed E-state index contributed by atoms with van der Waals surface area (Å²) in [5.41, 5.74) is 3.15. The summed E-state index contributed by atoms with van der Waals surface area (Å²) in [6.07, 6.45) is 4.04. The molecule has 4 rings (SSSR count). The first kappa shape index (κ1) is 18.9. The van der Waals surface area contributed by atoms with Gasteiger partial charge in [0.2, 0.25) is 0 Å². The van der Waals surface area contributed by atoms with Crippen LogP contribution in [0.1, 0.15) is 11.1 Å². The highest BCUT2D eigenvalue weighted by Gasteiger charge is 2.30. The second-order valence-corrected chi connectivity index (χ2v) is 8.51. The molecule has 0 aliphatic carbocycles. The molecule has 29 heavy (non-hydrogen) atoms. The maximum Gasteiger partial charge on any atom is 0.319 e. The summed E-state index contributed by atoms with van der Waals surface area (Å²) in [4.78, 5) is 16.2. The Morgan fingerprint density at radius 3 is 2.59 bits per heavy atom. The van der Waals surface area contributed by atoms with Gasteiger partial charge in [-0.25, -0.2) is 13.2 Å². The average Bonchev–Trinajstić information content (AvgIpc) is 3.18. The molecule has 2 aromatic carbocycles. The molecule has 3 aromatic rings. The van der Waals surface area contributed by atoms with E-state index in [1.54, 1.807) is 30.6 Å². The largest absolute Gasteiger partial charge is 0.334 e. The smallest absolute Gasteiger partial charge is 0.319 e. The second kappa shape index (κ2) is 7.92. The lowest BCUT2D eigenvalue weighted by atomic mass is 10.2. The van der Waals surface area contributed by atoms with Crippen LogP contribution in [0.25, 0.3) is 0 Å². The Kier molecular flexibility index (Phi) is 5.18. The average molecular weight is 408 g/mol. The van der Waals surface area contributed by atoms with Crippen molar-refractivity contribution in [2.45, 2.75) is 17.9 Å². The van der Waals surface area contributed by atoms with Crippen molar-refractivity contribution in [2.24, 2.45) is 0 Å². The first-order valence-electron chi connectivity index (χ1n) is 9.18. The third-order valence-electron chi connectivity index (χ3n) is 4.72. The molecule has 0 saturated heterocycles. The molecule has 8 heteroatoms. The van der Waals surface area contributed by atoms with E-state index in [2.05, 4.69) is 15.6 Å². The van der Waals surface area contributed by atoms with E-state index in [1.807, 2.05) is 30.3 Å². The summed E-state index contributed by atoms with van der Waals surface area (Å²) in [7, 11) is -3.65. The van der Waals surface area contributed by atoms with Crippen LogP contribution in [0.4, 0.5) is 16.2 Å². The Morgan fingerprint density at radius 2 is 1.83 bits per heavy atom. The molecule has 0 radical (unpaired) electrons. The van der Waals surface area contributed by atoms with Crippen LogP contribution < -0.4 is 14.9 Å². The number of anilines is 2. The molecule has 2 amide bonds. The van der Waals surface area contributed by atoms with Crippen molar-refractivity contribution in [1.82, 2.24) is 10.3 Å². The molecule has 0 saturated carbocycles. The summed E-state index contributed by atoms with van der Waals surface area (Å²) in [5.74, 6) is 0. The number of pyridine rings is 1. The highest BCUT2D eigenvalue weighted by atomic mass is 32.2. The molecular formula is C21H20N4O3S. The van der Waals surface area contributed by atoms with Crippen molar-refractivity contribution >= 4 is 27.4 Å². The van der Waals surface area contributed by atoms with Gasteiger partial charge in [0.25, 0.3) is 10.0 Å². The predicted octanol–water partition coefficient (Wildman–Crippen LogP) is 3.15. The van der Waals surface area contributed by atoms with E-state index in [4.69, 9.17) is 0 Å². The zero-order valence-corrected chi connectivity index (χ0v) is 16.4. The summed E-state index contributed by atoms with van der Waals surface area (Å²) in [6.45, 7) is 0.777. The molecule has 2 N–H and O–H groups in total. The number of fused-ring (bicyclic) bond motifs is 1. The molecule has 1 aliphatic rings. The number of nitrogens with zero attached hydrogens (tertiary/aromatic N) is 2. The van der Waals surface area contributed by atoms with Gasteiger partial charge in [-0.3, -0.25) is 9.29 Å². The topological polar surface area (TPSA) is 91.4 Å². The van der Waals surface area contributed by atoms with Gasteiger partial charge in [0.05, 0.1) is 10.6 Å². The van der Waals surface area contributed by atoms with Crippen molar-refractivity contribution in [3.8, 4) is 0 Å². The summed E-state index contributed by atoms with van der Waals surface area (Å²) >= 11 is 0. The van der Waals surface area contributed by atoms with Crippen molar-refractivity contribution in [3.05, 3.63) is 84.2 Å². The Bertz CT molecular complexity index is 1120. The molecule has 1 aromatic heterocycles. The number of amides is 2. The van der Waals surface area contributed by atoms with Gasteiger partial charge in [-0.2, -0.15) is 0 Å². The van der Waals surface area contributed by atoms with Gasteiger partial charge in [-0.05, 0) is 53.9 Å². The molecule has 1 aliphatic heterocycles. The molecule has 0 atom stereocenters. The predicted molar refractivity (Wildman–Crippen MR) is 111 cm³/mol. The number of benzene rings is 2. The number of rotatable bonds is 5. The molecular weight excluding hydrogens is 388 g/mol. The van der Waals surface area contributed by atoms with Gasteiger partial charge in [0.1, 0.15) is 0 Å². The lowest BCUT2D eigenvalue weighted by Gasteiger charge is -2.19. The van der Waals surface area contributed by atoms with E-state index < -0.39 is 10.0 Å². The third kappa shape index (κ3) is 4.07. The van der Waals surface area contributed by atoms with E-state index in [0.29, 0.717) is 25.2 Å². The molecule has 0 bridgehead atoms. The fraction of sp³-hybridized carbons (Fsp3) is 0.143. The number of hydrogen-bond donors (Lipinski definition) is 2. The Balaban J connectivity index is 1.42. The Hall–Kier alpha value is -3.39. The van der Waals surface area contributed by atoms with Crippen LogP contribution in [-0.2, 0) is 23.0 Å². The van der Waals surface area contributed by atoms with Gasteiger partial charge >= 0.3 is 6.03 Å². The Morgan fingerprint density at radius 1 is 1.03 bits per heavy atom. The van der Waals surface area contributed by atoms with Crippen LogP contribution in [0, 0.1) is 0 Å². The van der Waals surface area contributed by atoms with Crippen molar-refractivity contribution < 1.29 is 13.2 Å². The van der Waals surface area contributed by atoms with Crippen LogP contribution in [-0.4, -0.2) is 26.0 Å². The lowest BCUT2D eigenvalue weighted by molar-refractivity contribution is 0.251. The first-order valence-corrected chi connectivity index (χ1v) is 10.6. The molecule has 2 heterocycles. The van der Waals surface area contributed by atoms with Gasteiger partial charge in [0.15, 0.2) is 0 Å². The van der Waals surface area contributed by atoms with Gasteiger partial charge in [-0.15, -0.1) is 0 Å². The van der Waals surface area contributed by atoms with E-state index >= 15 is 0 Å². The maximum absolute atomic E-state index is 13.0. The molecule has 7 nitrogen and oxygen atoms in total. The summed E-state index contributed by atoms with van der Waals surface area (Å²) < 4.78 is 27.5. The van der Waals surface area contributed by atoms with E-state index in [1.165, 1.54) is 16.4 Å². The number of urea groups is 1. The lowest BCUT2D eigenvalue weighted by Crippen LogP contribution is -2.29. The second-order valence-electron chi connectivity index (χ2n) is 6.65. The van der Waals surface area contributed by atoms with Gasteiger partial charge < -0.3 is 10.6 Å². The van der Waals surface area contributed by atoms with Gasteiger partial charge in [-0.1, -0.05) is 24.3 Å². The van der Waals surface area contributed by atoms with E-state index in [9.17, 15) is 13.2 Å². The zero-order valence-electron chi connectivity index (χ0n) is 15.6. The number of para-hydroxylation sites is 1. The number of carbonyl (C=O) groups is 1. The Labute approximate surface area is 169 Å². The number of sulfonamides is 1. The molecule has 0 spiro atoms. The number of aromatic nitrogens is 1. The van der Waals surface area contributed by atoms with Crippen molar-refractivity contribution in [3.63, 3.8) is 0 Å². The standard InChI is InChI=1S/C21H20N4O3S/c26-21(23-15-16-4-3-12-22-14-16)24-18-7-9-19(10-8-18)29(27,28)25-13-11-17-5-1-2-6-20(17)25/h1-10,12,14H,11,13,15H2,(H2,23,24,26). The van der Waals surface area contributed by atoms with E-state index in [0.717, 1.165) is 16.8 Å². The third-order valence-corrected chi connectivity index (χ3v) is 6.55. The number of carbonyl (C=O) groups excluding carboxylic acids is 1. The minimum atomic E-state index is -3.65. The van der Waals surface area contributed by atoms with Crippen molar-refractivity contribution in [1.29, 1.82) is 0 Å². The quantitative estimate of drug-likeness (QED) is 0.678. The highest BCUT2D eigenvalue weighted by molar-refractivity contribution is 7.92. The molecule has 0 fully saturated rings. The minimum Gasteiger partial charge on any atom is -0.334 e. The van der Waals surface area contributed by atoms with Crippen LogP contribution in [0.3, 0.4) is 0 Å². The monoisotopic (exact) mass is 408 g/mol.